The molecule has 1 saturated heterocycles. The fourth-order valence-electron chi connectivity index (χ4n) is 2.91. The van der Waals surface area contributed by atoms with E-state index in [1.807, 2.05) is 32.0 Å². The topological polar surface area (TPSA) is 103 Å². The van der Waals surface area contributed by atoms with Gasteiger partial charge in [-0.3, -0.25) is 14.9 Å². The molecule has 0 atom stereocenters. The normalized spacial score (nSPS) is 16.2. The SMILES string of the molecule is COc1cc(/C=C2/SC(=Nc3cc(C)cc(C)c3)NC2=O)c([N+](=O)[O-])cc1OC. The van der Waals surface area contributed by atoms with E-state index in [9.17, 15) is 14.9 Å². The number of nitro groups is 1. The Kier molecular flexibility index (Phi) is 5.88. The van der Waals surface area contributed by atoms with E-state index in [2.05, 4.69) is 10.3 Å². The molecule has 1 N–H and O–H groups in total. The number of carbonyl (C=O) groups is 1. The van der Waals surface area contributed by atoms with Crippen LogP contribution in [0.15, 0.2) is 40.2 Å². The number of nitrogens with one attached hydrogen (secondary N) is 1. The summed E-state index contributed by atoms with van der Waals surface area (Å²) >= 11 is 1.12. The van der Waals surface area contributed by atoms with Crippen LogP contribution in [0.5, 0.6) is 11.5 Å². The maximum absolute atomic E-state index is 12.4. The summed E-state index contributed by atoms with van der Waals surface area (Å²) in [7, 11) is 2.84. The molecule has 0 radical (unpaired) electrons. The number of nitro benzene ring substituents is 1. The molecule has 8 nitrogen and oxygen atoms in total. The average Bonchev–Trinajstić information content (AvgIpc) is 2.99. The van der Waals surface area contributed by atoms with Crippen molar-refractivity contribution in [3.63, 3.8) is 0 Å². The Morgan fingerprint density at radius 2 is 1.69 bits per heavy atom. The van der Waals surface area contributed by atoms with Gasteiger partial charge in [0.15, 0.2) is 16.7 Å². The third-order valence-corrected chi connectivity index (χ3v) is 5.01. The number of aliphatic imine (C=N–C) groups is 1. The summed E-state index contributed by atoms with van der Waals surface area (Å²) in [6.07, 6.45) is 1.45. The number of hydrogen-bond acceptors (Lipinski definition) is 7. The van der Waals surface area contributed by atoms with Crippen LogP contribution < -0.4 is 14.8 Å². The van der Waals surface area contributed by atoms with Crippen LogP contribution in [0.1, 0.15) is 16.7 Å². The summed E-state index contributed by atoms with van der Waals surface area (Å²) in [5.74, 6) is 0.196. The minimum Gasteiger partial charge on any atom is -0.493 e. The Bertz CT molecular complexity index is 1040. The highest BCUT2D eigenvalue weighted by molar-refractivity contribution is 8.18. The summed E-state index contributed by atoms with van der Waals surface area (Å²) in [4.78, 5) is 28.1. The number of benzene rings is 2. The van der Waals surface area contributed by atoms with E-state index in [1.165, 1.54) is 32.4 Å². The first-order valence-electron chi connectivity index (χ1n) is 8.59. The molecular formula is C20H19N3O5S. The first kappa shape index (κ1) is 20.4. The van der Waals surface area contributed by atoms with Gasteiger partial charge in [0.1, 0.15) is 0 Å². The number of ether oxygens (including phenoxy) is 2. The zero-order valence-corrected chi connectivity index (χ0v) is 17.1. The molecule has 0 saturated carbocycles. The van der Waals surface area contributed by atoms with Gasteiger partial charge in [-0.25, -0.2) is 4.99 Å². The van der Waals surface area contributed by atoms with E-state index in [4.69, 9.17) is 9.47 Å². The Labute approximate surface area is 171 Å². The monoisotopic (exact) mass is 413 g/mol. The van der Waals surface area contributed by atoms with Crippen molar-refractivity contribution in [3.05, 3.63) is 62.0 Å². The Hall–Kier alpha value is -3.33. The van der Waals surface area contributed by atoms with Gasteiger partial charge in [-0.05, 0) is 61.0 Å². The highest BCUT2D eigenvalue weighted by Gasteiger charge is 2.26. The molecule has 0 bridgehead atoms. The molecular weight excluding hydrogens is 394 g/mol. The second-order valence-corrected chi connectivity index (χ2v) is 7.38. The van der Waals surface area contributed by atoms with Crippen molar-refractivity contribution in [1.29, 1.82) is 0 Å². The summed E-state index contributed by atoms with van der Waals surface area (Å²) < 4.78 is 10.3. The Morgan fingerprint density at radius 1 is 1.07 bits per heavy atom. The van der Waals surface area contributed by atoms with Crippen LogP contribution in [0.4, 0.5) is 11.4 Å². The van der Waals surface area contributed by atoms with Gasteiger partial charge >= 0.3 is 0 Å². The van der Waals surface area contributed by atoms with Gasteiger partial charge in [-0.15, -0.1) is 0 Å². The van der Waals surface area contributed by atoms with Gasteiger partial charge in [-0.2, -0.15) is 0 Å². The van der Waals surface area contributed by atoms with E-state index in [0.29, 0.717) is 15.8 Å². The molecule has 0 spiro atoms. The molecule has 3 rings (SSSR count). The molecule has 1 fully saturated rings. The molecule has 29 heavy (non-hydrogen) atoms. The van der Waals surface area contributed by atoms with Crippen LogP contribution in [0.25, 0.3) is 6.08 Å². The Morgan fingerprint density at radius 3 is 2.28 bits per heavy atom. The molecule has 150 valence electrons. The minimum atomic E-state index is -0.531. The highest BCUT2D eigenvalue weighted by atomic mass is 32.2. The van der Waals surface area contributed by atoms with Crippen LogP contribution in [0.3, 0.4) is 0 Å². The lowest BCUT2D eigenvalue weighted by atomic mass is 10.1. The number of rotatable bonds is 5. The van der Waals surface area contributed by atoms with Crippen molar-refractivity contribution in [3.8, 4) is 11.5 Å². The van der Waals surface area contributed by atoms with Gasteiger partial charge in [0, 0.05) is 0 Å². The number of methoxy groups -OCH3 is 2. The first-order chi connectivity index (χ1) is 13.8. The van der Waals surface area contributed by atoms with Crippen LogP contribution in [0.2, 0.25) is 0 Å². The molecule has 9 heteroatoms. The maximum atomic E-state index is 12.4. The summed E-state index contributed by atoms with van der Waals surface area (Å²) in [6.45, 7) is 3.94. The van der Waals surface area contributed by atoms with Gasteiger partial charge in [0.2, 0.25) is 0 Å². The van der Waals surface area contributed by atoms with Gasteiger partial charge in [0.25, 0.3) is 11.6 Å². The lowest BCUT2D eigenvalue weighted by Gasteiger charge is -2.08. The second kappa shape index (κ2) is 8.36. The van der Waals surface area contributed by atoms with Crippen molar-refractivity contribution in [2.24, 2.45) is 4.99 Å². The molecule has 2 aromatic carbocycles. The molecule has 1 aliphatic rings. The van der Waals surface area contributed by atoms with Crippen molar-refractivity contribution in [2.45, 2.75) is 13.8 Å². The van der Waals surface area contributed by atoms with Gasteiger partial charge in [0.05, 0.1) is 41.4 Å². The molecule has 0 aliphatic carbocycles. The zero-order valence-electron chi connectivity index (χ0n) is 16.3. The second-order valence-electron chi connectivity index (χ2n) is 6.35. The minimum absolute atomic E-state index is 0.191. The molecule has 1 aliphatic heterocycles. The number of carbonyl (C=O) groups excluding carboxylic acids is 1. The number of amides is 1. The number of aryl methyl sites for hydroxylation is 2. The fourth-order valence-corrected chi connectivity index (χ4v) is 3.74. The molecule has 0 aromatic heterocycles. The zero-order chi connectivity index (χ0) is 21.1. The Balaban J connectivity index is 1.98. The molecule has 2 aromatic rings. The number of nitrogens with zero attached hydrogens (tertiary/aromatic N) is 2. The average molecular weight is 413 g/mol. The quantitative estimate of drug-likeness (QED) is 0.449. The largest absolute Gasteiger partial charge is 0.493 e. The summed E-state index contributed by atoms with van der Waals surface area (Å²) in [6, 6.07) is 8.59. The summed E-state index contributed by atoms with van der Waals surface area (Å²) in [5.41, 5.74) is 2.90. The van der Waals surface area contributed by atoms with E-state index >= 15 is 0 Å². The van der Waals surface area contributed by atoms with E-state index in [1.54, 1.807) is 0 Å². The smallest absolute Gasteiger partial charge is 0.280 e. The predicted molar refractivity (Wildman–Crippen MR) is 113 cm³/mol. The van der Waals surface area contributed by atoms with Crippen LogP contribution in [-0.4, -0.2) is 30.2 Å². The van der Waals surface area contributed by atoms with Crippen LogP contribution in [0, 0.1) is 24.0 Å². The number of thioether (sulfide) groups is 1. The fraction of sp³-hybridized carbons (Fsp3) is 0.200. The summed E-state index contributed by atoms with van der Waals surface area (Å²) in [5, 5.41) is 14.6. The third-order valence-electron chi connectivity index (χ3n) is 4.10. The van der Waals surface area contributed by atoms with E-state index in [-0.39, 0.29) is 22.9 Å². The standard InChI is InChI=1S/C20H19N3O5S/c1-11-5-12(2)7-14(6-11)21-20-22-19(24)18(29-20)9-13-8-16(27-3)17(28-4)10-15(13)23(25)26/h5-10H,1-4H3,(H,21,22,24)/b18-9+. The van der Waals surface area contributed by atoms with Crippen molar-refractivity contribution < 1.29 is 19.2 Å². The number of hydrogen-bond donors (Lipinski definition) is 1. The van der Waals surface area contributed by atoms with Crippen molar-refractivity contribution >= 4 is 40.3 Å². The van der Waals surface area contributed by atoms with Crippen molar-refractivity contribution in [2.75, 3.05) is 14.2 Å². The maximum Gasteiger partial charge on any atom is 0.280 e. The van der Waals surface area contributed by atoms with Gasteiger partial charge < -0.3 is 14.8 Å². The molecule has 1 amide bonds. The van der Waals surface area contributed by atoms with E-state index < -0.39 is 4.92 Å². The lowest BCUT2D eigenvalue weighted by Crippen LogP contribution is -2.19. The molecule has 0 unspecified atom stereocenters. The first-order valence-corrected chi connectivity index (χ1v) is 9.40. The highest BCUT2D eigenvalue weighted by Crippen LogP contribution is 2.37. The van der Waals surface area contributed by atoms with Crippen LogP contribution in [-0.2, 0) is 4.79 Å². The number of amidine groups is 1. The van der Waals surface area contributed by atoms with Crippen molar-refractivity contribution in [1.82, 2.24) is 5.32 Å². The van der Waals surface area contributed by atoms with E-state index in [0.717, 1.165) is 28.6 Å². The van der Waals surface area contributed by atoms with Gasteiger partial charge in [-0.1, -0.05) is 6.07 Å². The predicted octanol–water partition coefficient (Wildman–Crippen LogP) is 4.12. The molecule has 1 heterocycles. The lowest BCUT2D eigenvalue weighted by molar-refractivity contribution is -0.385. The third kappa shape index (κ3) is 4.57. The van der Waals surface area contributed by atoms with Crippen LogP contribution >= 0.6 is 11.8 Å².